The molecule has 0 atom stereocenters. The van der Waals surface area contributed by atoms with E-state index in [0.29, 0.717) is 5.56 Å². The van der Waals surface area contributed by atoms with Crippen molar-refractivity contribution in [1.82, 2.24) is 15.5 Å². The van der Waals surface area contributed by atoms with Crippen LogP contribution in [0.15, 0.2) is 60.7 Å². The zero-order chi connectivity index (χ0) is 19.8. The zero-order valence-corrected chi connectivity index (χ0v) is 16.2. The van der Waals surface area contributed by atoms with Crippen LogP contribution in [-0.4, -0.2) is 42.9 Å². The van der Waals surface area contributed by atoms with E-state index in [1.165, 1.54) is 5.56 Å². The maximum Gasteiger partial charge on any atom is 0.251 e. The highest BCUT2D eigenvalue weighted by Crippen LogP contribution is 2.14. The average molecular weight is 377 g/mol. The maximum atomic E-state index is 12.2. The van der Waals surface area contributed by atoms with Crippen LogP contribution < -0.4 is 10.6 Å². The van der Waals surface area contributed by atoms with Gasteiger partial charge in [-0.2, -0.15) is 0 Å². The van der Waals surface area contributed by atoms with Crippen LogP contribution >= 0.6 is 0 Å². The second-order valence-corrected chi connectivity index (χ2v) is 7.08. The van der Waals surface area contributed by atoms with E-state index in [9.17, 15) is 9.59 Å². The van der Waals surface area contributed by atoms with Crippen LogP contribution in [0.2, 0.25) is 0 Å². The lowest BCUT2D eigenvalue weighted by atomic mass is 10.0. The molecule has 5 nitrogen and oxygen atoms in total. The Hall–Kier alpha value is -2.92. The predicted octanol–water partition coefficient (Wildman–Crippen LogP) is 2.84. The van der Waals surface area contributed by atoms with Gasteiger partial charge in [-0.25, -0.2) is 0 Å². The first-order valence-electron chi connectivity index (χ1n) is 9.71. The van der Waals surface area contributed by atoms with Gasteiger partial charge >= 0.3 is 0 Å². The molecule has 0 saturated carbocycles. The number of benzene rings is 2. The van der Waals surface area contributed by atoms with E-state index in [0.717, 1.165) is 38.0 Å². The number of carbonyl (C=O) groups is 2. The molecule has 3 rings (SSSR count). The van der Waals surface area contributed by atoms with Gasteiger partial charge in [-0.1, -0.05) is 42.5 Å². The van der Waals surface area contributed by atoms with Crippen molar-refractivity contribution in [2.75, 3.05) is 20.1 Å². The fraction of sp³-hybridized carbons (Fsp3) is 0.304. The third-order valence-corrected chi connectivity index (χ3v) is 5.01. The molecular formula is C23H27N3O2. The molecule has 1 aliphatic rings. The van der Waals surface area contributed by atoms with Gasteiger partial charge in [-0.3, -0.25) is 14.5 Å². The first-order valence-corrected chi connectivity index (χ1v) is 9.71. The van der Waals surface area contributed by atoms with Gasteiger partial charge in [0.05, 0.1) is 0 Å². The van der Waals surface area contributed by atoms with E-state index < -0.39 is 0 Å². The van der Waals surface area contributed by atoms with Crippen LogP contribution in [-0.2, 0) is 11.3 Å². The minimum Gasteiger partial charge on any atom is -0.355 e. The van der Waals surface area contributed by atoms with Crippen LogP contribution in [0.1, 0.15) is 34.3 Å². The van der Waals surface area contributed by atoms with Gasteiger partial charge in [-0.05, 0) is 42.2 Å². The summed E-state index contributed by atoms with van der Waals surface area (Å²) < 4.78 is 0. The van der Waals surface area contributed by atoms with Crippen molar-refractivity contribution in [2.24, 2.45) is 0 Å². The van der Waals surface area contributed by atoms with Crippen LogP contribution in [0.4, 0.5) is 0 Å². The van der Waals surface area contributed by atoms with E-state index in [1.54, 1.807) is 31.3 Å². The molecule has 0 aliphatic carbocycles. The smallest absolute Gasteiger partial charge is 0.251 e. The molecule has 0 spiro atoms. The fourth-order valence-electron chi connectivity index (χ4n) is 3.39. The summed E-state index contributed by atoms with van der Waals surface area (Å²) in [6.07, 6.45) is 5.26. The largest absolute Gasteiger partial charge is 0.355 e. The van der Waals surface area contributed by atoms with E-state index in [1.807, 2.05) is 18.2 Å². The Kier molecular flexibility index (Phi) is 6.98. The summed E-state index contributed by atoms with van der Waals surface area (Å²) in [5.74, 6) is -0.191. The summed E-state index contributed by atoms with van der Waals surface area (Å²) in [4.78, 5) is 26.2. The molecule has 146 valence electrons. The minimum atomic E-state index is -0.119. The molecule has 0 unspecified atom stereocenters. The molecule has 2 N–H and O–H groups in total. The lowest BCUT2D eigenvalue weighted by Crippen LogP contribution is -2.43. The third-order valence-electron chi connectivity index (χ3n) is 5.01. The number of hydrogen-bond donors (Lipinski definition) is 2. The highest BCUT2D eigenvalue weighted by molar-refractivity contribution is 5.94. The van der Waals surface area contributed by atoms with Crippen molar-refractivity contribution in [3.8, 4) is 0 Å². The van der Waals surface area contributed by atoms with Crippen LogP contribution in [0.25, 0.3) is 6.08 Å². The molecule has 1 aliphatic heterocycles. The summed E-state index contributed by atoms with van der Waals surface area (Å²) in [7, 11) is 1.60. The SMILES string of the molecule is CNC(=O)c1ccc(/C=C/C(=O)NC2CCN(Cc3ccccc3)CC2)cc1. The molecule has 2 aromatic rings. The fourth-order valence-corrected chi connectivity index (χ4v) is 3.39. The number of carbonyl (C=O) groups excluding carboxylic acids is 2. The van der Waals surface area contributed by atoms with Crippen LogP contribution in [0, 0.1) is 0 Å². The quantitative estimate of drug-likeness (QED) is 0.761. The topological polar surface area (TPSA) is 61.4 Å². The summed E-state index contributed by atoms with van der Waals surface area (Å²) in [5, 5.41) is 5.68. The summed E-state index contributed by atoms with van der Waals surface area (Å²) in [6, 6.07) is 17.9. The molecule has 0 aromatic heterocycles. The Labute approximate surface area is 166 Å². The first-order chi connectivity index (χ1) is 13.6. The van der Waals surface area contributed by atoms with Gasteiger partial charge in [0.1, 0.15) is 0 Å². The van der Waals surface area contributed by atoms with Gasteiger partial charge in [0.15, 0.2) is 0 Å². The lowest BCUT2D eigenvalue weighted by molar-refractivity contribution is -0.117. The normalized spacial score (nSPS) is 15.5. The Morgan fingerprint density at radius 2 is 1.71 bits per heavy atom. The Balaban J connectivity index is 1.43. The molecule has 2 amide bonds. The zero-order valence-electron chi connectivity index (χ0n) is 16.2. The molecule has 0 radical (unpaired) electrons. The third kappa shape index (κ3) is 5.79. The second-order valence-electron chi connectivity index (χ2n) is 7.08. The highest BCUT2D eigenvalue weighted by atomic mass is 16.2. The van der Waals surface area contributed by atoms with Gasteiger partial charge in [-0.15, -0.1) is 0 Å². The van der Waals surface area contributed by atoms with Crippen molar-refractivity contribution >= 4 is 17.9 Å². The number of likely N-dealkylation sites (tertiary alicyclic amines) is 1. The highest BCUT2D eigenvalue weighted by Gasteiger charge is 2.19. The van der Waals surface area contributed by atoms with Crippen molar-refractivity contribution < 1.29 is 9.59 Å². The first kappa shape index (κ1) is 19.8. The van der Waals surface area contributed by atoms with Gasteiger partial charge in [0.25, 0.3) is 5.91 Å². The number of rotatable bonds is 6. The lowest BCUT2D eigenvalue weighted by Gasteiger charge is -2.32. The average Bonchev–Trinajstić information content (AvgIpc) is 2.74. The Morgan fingerprint density at radius 1 is 1.04 bits per heavy atom. The number of hydrogen-bond acceptors (Lipinski definition) is 3. The Bertz CT molecular complexity index is 808. The molecule has 2 aromatic carbocycles. The van der Waals surface area contributed by atoms with Gasteiger partial charge in [0, 0.05) is 44.4 Å². The molecular weight excluding hydrogens is 350 g/mol. The summed E-state index contributed by atoms with van der Waals surface area (Å²) in [5.41, 5.74) is 2.82. The number of nitrogens with one attached hydrogen (secondary N) is 2. The number of nitrogens with zero attached hydrogens (tertiary/aromatic N) is 1. The standard InChI is InChI=1S/C23H27N3O2/c1-24-23(28)20-10-7-18(8-11-20)9-12-22(27)25-21-13-15-26(16-14-21)17-19-5-3-2-4-6-19/h2-12,21H,13-17H2,1H3,(H,24,28)(H,25,27)/b12-9+. The van der Waals surface area contributed by atoms with E-state index in [4.69, 9.17) is 0 Å². The van der Waals surface area contributed by atoms with Crippen LogP contribution in [0.3, 0.4) is 0 Å². The van der Waals surface area contributed by atoms with Crippen molar-refractivity contribution in [1.29, 1.82) is 0 Å². The number of piperidine rings is 1. The molecule has 5 heteroatoms. The summed E-state index contributed by atoms with van der Waals surface area (Å²) in [6.45, 7) is 2.95. The van der Waals surface area contributed by atoms with Crippen molar-refractivity contribution in [3.63, 3.8) is 0 Å². The van der Waals surface area contributed by atoms with E-state index >= 15 is 0 Å². The molecule has 0 bridgehead atoms. The molecule has 28 heavy (non-hydrogen) atoms. The number of amides is 2. The van der Waals surface area contributed by atoms with Gasteiger partial charge < -0.3 is 10.6 Å². The summed E-state index contributed by atoms with van der Waals surface area (Å²) >= 11 is 0. The van der Waals surface area contributed by atoms with Crippen LogP contribution in [0.5, 0.6) is 0 Å². The van der Waals surface area contributed by atoms with Crippen molar-refractivity contribution in [3.05, 3.63) is 77.4 Å². The molecule has 1 fully saturated rings. The second kappa shape index (κ2) is 9.85. The van der Waals surface area contributed by atoms with Crippen molar-refractivity contribution in [2.45, 2.75) is 25.4 Å². The van der Waals surface area contributed by atoms with E-state index in [2.05, 4.69) is 39.8 Å². The minimum absolute atomic E-state index is 0.0723. The van der Waals surface area contributed by atoms with Gasteiger partial charge in [0.2, 0.25) is 5.91 Å². The predicted molar refractivity (Wildman–Crippen MR) is 112 cm³/mol. The monoisotopic (exact) mass is 377 g/mol. The Morgan fingerprint density at radius 3 is 2.36 bits per heavy atom. The maximum absolute atomic E-state index is 12.2. The molecule has 1 heterocycles. The molecule has 1 saturated heterocycles. The van der Waals surface area contributed by atoms with E-state index in [-0.39, 0.29) is 17.9 Å².